The SMILES string of the molecule is Cc1c(C(=O)N2CCN(S(=O)(=O)c3ccc([N+](=O)[O-])cc3)CC2)cnn1-c1ccccc1. The van der Waals surface area contributed by atoms with Crippen molar-refractivity contribution < 1.29 is 18.1 Å². The Morgan fingerprint density at radius 3 is 2.22 bits per heavy atom. The first-order chi connectivity index (χ1) is 15.3. The molecular weight excluding hydrogens is 434 g/mol. The molecule has 1 saturated heterocycles. The fourth-order valence-corrected chi connectivity index (χ4v) is 5.06. The second kappa shape index (κ2) is 8.52. The van der Waals surface area contributed by atoms with E-state index in [2.05, 4.69) is 5.10 Å². The number of benzene rings is 2. The number of hydrogen-bond acceptors (Lipinski definition) is 6. The lowest BCUT2D eigenvalue weighted by atomic mass is 10.2. The number of sulfonamides is 1. The summed E-state index contributed by atoms with van der Waals surface area (Å²) < 4.78 is 28.7. The number of carbonyl (C=O) groups excluding carboxylic acids is 1. The van der Waals surface area contributed by atoms with Crippen molar-refractivity contribution in [2.75, 3.05) is 26.2 Å². The van der Waals surface area contributed by atoms with Gasteiger partial charge < -0.3 is 4.90 Å². The number of nitro benzene ring substituents is 1. The maximum absolute atomic E-state index is 13.0. The molecule has 2 heterocycles. The summed E-state index contributed by atoms with van der Waals surface area (Å²) >= 11 is 0. The molecule has 0 radical (unpaired) electrons. The van der Waals surface area contributed by atoms with Gasteiger partial charge >= 0.3 is 0 Å². The van der Waals surface area contributed by atoms with Crippen LogP contribution in [0.2, 0.25) is 0 Å². The molecule has 0 atom stereocenters. The van der Waals surface area contributed by atoms with Gasteiger partial charge in [-0.2, -0.15) is 9.40 Å². The highest BCUT2D eigenvalue weighted by Crippen LogP contribution is 2.22. The Morgan fingerprint density at radius 1 is 1.00 bits per heavy atom. The van der Waals surface area contributed by atoms with Gasteiger partial charge in [-0.3, -0.25) is 14.9 Å². The van der Waals surface area contributed by atoms with Gasteiger partial charge in [-0.05, 0) is 31.2 Å². The van der Waals surface area contributed by atoms with Crippen LogP contribution in [0, 0.1) is 17.0 Å². The number of non-ortho nitro benzene ring substituents is 1. The third-order valence-electron chi connectivity index (χ3n) is 5.45. The molecule has 166 valence electrons. The van der Waals surface area contributed by atoms with Crippen LogP contribution < -0.4 is 0 Å². The average Bonchev–Trinajstić information content (AvgIpc) is 3.20. The fourth-order valence-electron chi connectivity index (χ4n) is 3.64. The lowest BCUT2D eigenvalue weighted by molar-refractivity contribution is -0.384. The summed E-state index contributed by atoms with van der Waals surface area (Å²) in [4.78, 5) is 24.8. The Labute approximate surface area is 184 Å². The zero-order valence-electron chi connectivity index (χ0n) is 17.3. The molecule has 4 rings (SSSR count). The number of amides is 1. The maximum atomic E-state index is 13.0. The van der Waals surface area contributed by atoms with Crippen LogP contribution in [0.3, 0.4) is 0 Å². The number of hydrogen-bond donors (Lipinski definition) is 0. The molecule has 1 aromatic heterocycles. The molecule has 0 N–H and O–H groups in total. The molecule has 32 heavy (non-hydrogen) atoms. The molecule has 0 aliphatic carbocycles. The quantitative estimate of drug-likeness (QED) is 0.430. The topological polar surface area (TPSA) is 119 Å². The first-order valence-corrected chi connectivity index (χ1v) is 11.4. The highest BCUT2D eigenvalue weighted by atomic mass is 32.2. The molecule has 10 nitrogen and oxygen atoms in total. The highest BCUT2D eigenvalue weighted by Gasteiger charge is 2.31. The summed E-state index contributed by atoms with van der Waals surface area (Å²) in [5, 5.41) is 15.1. The first kappa shape index (κ1) is 21.7. The number of piperazine rings is 1. The number of nitrogens with zero attached hydrogens (tertiary/aromatic N) is 5. The third-order valence-corrected chi connectivity index (χ3v) is 7.37. The molecule has 1 amide bonds. The third kappa shape index (κ3) is 3.99. The summed E-state index contributed by atoms with van der Waals surface area (Å²) in [7, 11) is -3.80. The van der Waals surface area contributed by atoms with Gasteiger partial charge in [-0.15, -0.1) is 0 Å². The summed E-state index contributed by atoms with van der Waals surface area (Å²) in [5.74, 6) is -0.197. The average molecular weight is 455 g/mol. The van der Waals surface area contributed by atoms with E-state index < -0.39 is 14.9 Å². The Bertz CT molecular complexity index is 1250. The molecule has 0 saturated carbocycles. The predicted molar refractivity (Wildman–Crippen MR) is 116 cm³/mol. The van der Waals surface area contributed by atoms with Gasteiger partial charge in [0.05, 0.1) is 33.0 Å². The number of carbonyl (C=O) groups is 1. The van der Waals surface area contributed by atoms with Crippen LogP contribution in [-0.2, 0) is 10.0 Å². The summed E-state index contributed by atoms with van der Waals surface area (Å²) in [5.41, 5.74) is 1.86. The van der Waals surface area contributed by atoms with Crippen LogP contribution in [0.4, 0.5) is 5.69 Å². The van der Waals surface area contributed by atoms with Gasteiger partial charge in [0.15, 0.2) is 0 Å². The molecule has 0 bridgehead atoms. The van der Waals surface area contributed by atoms with E-state index in [0.717, 1.165) is 5.69 Å². The summed E-state index contributed by atoms with van der Waals surface area (Å²) in [6.45, 7) is 2.57. The van der Waals surface area contributed by atoms with Gasteiger partial charge in [0, 0.05) is 38.3 Å². The first-order valence-electron chi connectivity index (χ1n) is 9.93. The normalized spacial score (nSPS) is 15.0. The van der Waals surface area contributed by atoms with E-state index in [1.54, 1.807) is 9.58 Å². The molecule has 0 unspecified atom stereocenters. The Morgan fingerprint density at radius 2 is 1.62 bits per heavy atom. The van der Waals surface area contributed by atoms with Crippen molar-refractivity contribution in [3.8, 4) is 5.69 Å². The van der Waals surface area contributed by atoms with E-state index in [1.807, 2.05) is 37.3 Å². The van der Waals surface area contributed by atoms with E-state index in [9.17, 15) is 23.3 Å². The highest BCUT2D eigenvalue weighted by molar-refractivity contribution is 7.89. The van der Waals surface area contributed by atoms with E-state index in [-0.39, 0.29) is 42.7 Å². The zero-order chi connectivity index (χ0) is 22.9. The Balaban J connectivity index is 1.45. The monoisotopic (exact) mass is 455 g/mol. The van der Waals surface area contributed by atoms with Crippen molar-refractivity contribution in [1.82, 2.24) is 19.0 Å². The van der Waals surface area contributed by atoms with Crippen molar-refractivity contribution in [2.45, 2.75) is 11.8 Å². The number of rotatable bonds is 5. The standard InChI is InChI=1S/C21H21N5O5S/c1-16-20(15-22-25(16)17-5-3-2-4-6-17)21(27)23-11-13-24(14-12-23)32(30,31)19-9-7-18(8-10-19)26(28)29/h2-10,15H,11-14H2,1H3. The molecule has 1 fully saturated rings. The van der Waals surface area contributed by atoms with Crippen LogP contribution in [0.1, 0.15) is 16.1 Å². The fraction of sp³-hybridized carbons (Fsp3) is 0.238. The molecule has 3 aromatic rings. The Hall–Kier alpha value is -3.57. The van der Waals surface area contributed by atoms with Gasteiger partial charge in [-0.1, -0.05) is 18.2 Å². The second-order valence-electron chi connectivity index (χ2n) is 7.34. The van der Waals surface area contributed by atoms with Crippen molar-refractivity contribution in [1.29, 1.82) is 0 Å². The summed E-state index contributed by atoms with van der Waals surface area (Å²) in [6.07, 6.45) is 1.53. The van der Waals surface area contributed by atoms with Gasteiger partial charge in [0.25, 0.3) is 11.6 Å². The minimum absolute atomic E-state index is 0.0112. The minimum Gasteiger partial charge on any atom is -0.336 e. The maximum Gasteiger partial charge on any atom is 0.269 e. The minimum atomic E-state index is -3.80. The number of para-hydroxylation sites is 1. The van der Waals surface area contributed by atoms with Crippen LogP contribution in [0.15, 0.2) is 65.7 Å². The van der Waals surface area contributed by atoms with Crippen LogP contribution >= 0.6 is 0 Å². The predicted octanol–water partition coefficient (Wildman–Crippen LogP) is 2.24. The molecule has 1 aliphatic heterocycles. The van der Waals surface area contributed by atoms with Crippen LogP contribution in [-0.4, -0.2) is 64.4 Å². The van der Waals surface area contributed by atoms with Crippen molar-refractivity contribution in [2.24, 2.45) is 0 Å². The number of aromatic nitrogens is 2. The van der Waals surface area contributed by atoms with Crippen molar-refractivity contribution in [3.63, 3.8) is 0 Å². The lowest BCUT2D eigenvalue weighted by Gasteiger charge is -2.34. The Kier molecular flexibility index (Phi) is 5.76. The summed E-state index contributed by atoms with van der Waals surface area (Å²) in [6, 6.07) is 14.3. The second-order valence-corrected chi connectivity index (χ2v) is 9.28. The van der Waals surface area contributed by atoms with E-state index in [1.165, 1.54) is 34.8 Å². The van der Waals surface area contributed by atoms with Gasteiger partial charge in [0.1, 0.15) is 0 Å². The molecule has 2 aromatic carbocycles. The zero-order valence-corrected chi connectivity index (χ0v) is 18.1. The smallest absolute Gasteiger partial charge is 0.269 e. The van der Waals surface area contributed by atoms with E-state index in [0.29, 0.717) is 11.3 Å². The molecular formula is C21H21N5O5S. The molecule has 0 spiro atoms. The van der Waals surface area contributed by atoms with Crippen LogP contribution in [0.25, 0.3) is 5.69 Å². The molecule has 11 heteroatoms. The van der Waals surface area contributed by atoms with Crippen molar-refractivity contribution >= 4 is 21.6 Å². The van der Waals surface area contributed by atoms with E-state index in [4.69, 9.17) is 0 Å². The van der Waals surface area contributed by atoms with Gasteiger partial charge in [-0.25, -0.2) is 13.1 Å². The molecule has 1 aliphatic rings. The van der Waals surface area contributed by atoms with Crippen LogP contribution in [0.5, 0.6) is 0 Å². The van der Waals surface area contributed by atoms with Crippen molar-refractivity contribution in [3.05, 3.63) is 82.2 Å². The largest absolute Gasteiger partial charge is 0.336 e. The van der Waals surface area contributed by atoms with E-state index >= 15 is 0 Å². The lowest BCUT2D eigenvalue weighted by Crippen LogP contribution is -2.50. The number of nitro groups is 1. The van der Waals surface area contributed by atoms with Gasteiger partial charge in [0.2, 0.25) is 10.0 Å².